The highest BCUT2D eigenvalue weighted by molar-refractivity contribution is 7.89. The van der Waals surface area contributed by atoms with Gasteiger partial charge < -0.3 is 0 Å². The highest BCUT2D eigenvalue weighted by Crippen LogP contribution is 2.22. The van der Waals surface area contributed by atoms with Crippen molar-refractivity contribution in [3.8, 4) is 0 Å². The van der Waals surface area contributed by atoms with Crippen molar-refractivity contribution in [3.63, 3.8) is 0 Å². The molecule has 1 N–H and O–H groups in total. The van der Waals surface area contributed by atoms with Crippen LogP contribution in [-0.2, 0) is 10.0 Å². The maximum Gasteiger partial charge on any atom is 0.241 e. The maximum atomic E-state index is 13.3. The minimum atomic E-state index is -3.69. The predicted octanol–water partition coefficient (Wildman–Crippen LogP) is 3.79. The molecular weight excluding hydrogens is 301 g/mol. The van der Waals surface area contributed by atoms with E-state index < -0.39 is 15.8 Å². The average Bonchev–Trinajstić information content (AvgIpc) is 2.40. The molecule has 0 aliphatic carbocycles. The fourth-order valence-electron chi connectivity index (χ4n) is 2.46. The van der Waals surface area contributed by atoms with Crippen LogP contribution in [-0.4, -0.2) is 8.42 Å². The topological polar surface area (TPSA) is 46.2 Å². The molecule has 0 bridgehead atoms. The van der Waals surface area contributed by atoms with Crippen LogP contribution in [0, 0.1) is 26.6 Å². The van der Waals surface area contributed by atoms with Crippen molar-refractivity contribution in [2.24, 2.45) is 0 Å². The van der Waals surface area contributed by atoms with Gasteiger partial charge in [0, 0.05) is 6.04 Å². The number of hydrogen-bond acceptors (Lipinski definition) is 2. The summed E-state index contributed by atoms with van der Waals surface area (Å²) >= 11 is 0. The summed E-state index contributed by atoms with van der Waals surface area (Å²) in [6, 6.07) is 9.32. The van der Waals surface area contributed by atoms with Crippen LogP contribution in [0.1, 0.15) is 35.2 Å². The smallest absolute Gasteiger partial charge is 0.207 e. The molecule has 0 aliphatic heterocycles. The number of benzene rings is 2. The summed E-state index contributed by atoms with van der Waals surface area (Å²) in [6.07, 6.45) is 0. The van der Waals surface area contributed by atoms with Crippen LogP contribution >= 0.6 is 0 Å². The van der Waals surface area contributed by atoms with Crippen molar-refractivity contribution in [2.45, 2.75) is 38.6 Å². The SMILES string of the molecule is Cc1ccc([C@@H](C)NS(=O)(=O)c2ccc(F)c(C)c2)c(C)c1. The molecule has 1 atom stereocenters. The first-order valence-corrected chi connectivity index (χ1v) is 8.54. The molecule has 0 saturated heterocycles. The second-order valence-corrected chi connectivity index (χ2v) is 7.33. The summed E-state index contributed by atoms with van der Waals surface area (Å²) in [5, 5.41) is 0. The van der Waals surface area contributed by atoms with E-state index in [4.69, 9.17) is 0 Å². The van der Waals surface area contributed by atoms with Gasteiger partial charge in [-0.05, 0) is 62.6 Å². The molecule has 0 aliphatic rings. The minimum absolute atomic E-state index is 0.0722. The molecule has 0 heterocycles. The van der Waals surface area contributed by atoms with Crippen LogP contribution in [0.25, 0.3) is 0 Å². The zero-order chi connectivity index (χ0) is 16.5. The van der Waals surface area contributed by atoms with Crippen LogP contribution in [0.2, 0.25) is 0 Å². The summed E-state index contributed by atoms with van der Waals surface area (Å²) in [5.74, 6) is -0.415. The number of sulfonamides is 1. The molecule has 2 aromatic rings. The average molecular weight is 321 g/mol. The highest BCUT2D eigenvalue weighted by atomic mass is 32.2. The molecule has 5 heteroatoms. The maximum absolute atomic E-state index is 13.3. The lowest BCUT2D eigenvalue weighted by molar-refractivity contribution is 0.565. The van der Waals surface area contributed by atoms with Gasteiger partial charge in [0.05, 0.1) is 4.90 Å². The van der Waals surface area contributed by atoms with Gasteiger partial charge in [-0.1, -0.05) is 23.8 Å². The van der Waals surface area contributed by atoms with E-state index >= 15 is 0 Å². The standard InChI is InChI=1S/C17H20FNO2S/c1-11-5-7-16(12(2)9-11)14(4)19-22(20,21)15-6-8-17(18)13(3)10-15/h5-10,14,19H,1-4H3/t14-/m1/s1. The molecule has 2 aromatic carbocycles. The molecule has 0 radical (unpaired) electrons. The van der Waals surface area contributed by atoms with Crippen LogP contribution in [0.4, 0.5) is 4.39 Å². The quantitative estimate of drug-likeness (QED) is 0.931. The van der Waals surface area contributed by atoms with Crippen molar-refractivity contribution in [2.75, 3.05) is 0 Å². The first kappa shape index (κ1) is 16.6. The molecule has 0 spiro atoms. The molecule has 118 valence electrons. The van der Waals surface area contributed by atoms with Crippen molar-refractivity contribution in [1.82, 2.24) is 4.72 Å². The largest absolute Gasteiger partial charge is 0.241 e. The lowest BCUT2D eigenvalue weighted by Crippen LogP contribution is -2.27. The predicted molar refractivity (Wildman–Crippen MR) is 85.8 cm³/mol. The third-order valence-corrected chi connectivity index (χ3v) is 5.20. The van der Waals surface area contributed by atoms with E-state index in [9.17, 15) is 12.8 Å². The van der Waals surface area contributed by atoms with Crippen LogP contribution in [0.5, 0.6) is 0 Å². The minimum Gasteiger partial charge on any atom is -0.207 e. The number of rotatable bonds is 4. The van der Waals surface area contributed by atoms with Crippen molar-refractivity contribution < 1.29 is 12.8 Å². The first-order chi connectivity index (χ1) is 10.2. The molecule has 0 amide bonds. The van der Waals surface area contributed by atoms with Crippen LogP contribution < -0.4 is 4.72 Å². The Balaban J connectivity index is 2.29. The van der Waals surface area contributed by atoms with E-state index in [0.29, 0.717) is 5.56 Å². The van der Waals surface area contributed by atoms with Crippen molar-refractivity contribution in [1.29, 1.82) is 0 Å². The normalized spacial score (nSPS) is 13.1. The molecule has 22 heavy (non-hydrogen) atoms. The summed E-state index contributed by atoms with van der Waals surface area (Å²) in [4.78, 5) is 0.0722. The van der Waals surface area contributed by atoms with Gasteiger partial charge in [0.25, 0.3) is 0 Å². The van der Waals surface area contributed by atoms with Gasteiger partial charge in [-0.25, -0.2) is 17.5 Å². The molecule has 0 unspecified atom stereocenters. The van der Waals surface area contributed by atoms with Gasteiger partial charge >= 0.3 is 0 Å². The number of halogens is 1. The van der Waals surface area contributed by atoms with Crippen LogP contribution in [0.15, 0.2) is 41.3 Å². The molecular formula is C17H20FNO2S. The van der Waals surface area contributed by atoms with E-state index in [0.717, 1.165) is 16.7 Å². The molecule has 2 rings (SSSR count). The number of hydrogen-bond donors (Lipinski definition) is 1. The zero-order valence-electron chi connectivity index (χ0n) is 13.1. The lowest BCUT2D eigenvalue weighted by Gasteiger charge is -2.17. The Hall–Kier alpha value is -1.72. The Morgan fingerprint density at radius 3 is 2.27 bits per heavy atom. The van der Waals surface area contributed by atoms with E-state index in [2.05, 4.69) is 4.72 Å². The molecule has 3 nitrogen and oxygen atoms in total. The van der Waals surface area contributed by atoms with Gasteiger partial charge in [-0.2, -0.15) is 0 Å². The molecule has 0 saturated carbocycles. The Morgan fingerprint density at radius 1 is 1.00 bits per heavy atom. The van der Waals surface area contributed by atoms with Crippen molar-refractivity contribution >= 4 is 10.0 Å². The fourth-order valence-corrected chi connectivity index (χ4v) is 3.77. The van der Waals surface area contributed by atoms with Gasteiger partial charge in [-0.15, -0.1) is 0 Å². The van der Waals surface area contributed by atoms with Gasteiger partial charge in [-0.3, -0.25) is 0 Å². The van der Waals surface area contributed by atoms with E-state index in [1.165, 1.54) is 18.2 Å². The Kier molecular flexibility index (Phi) is 4.68. The third kappa shape index (κ3) is 3.54. The summed E-state index contributed by atoms with van der Waals surface area (Å²) in [6.45, 7) is 7.29. The second-order valence-electron chi connectivity index (χ2n) is 5.61. The molecule has 0 fully saturated rings. The first-order valence-electron chi connectivity index (χ1n) is 7.06. The lowest BCUT2D eigenvalue weighted by atomic mass is 10.0. The monoisotopic (exact) mass is 321 g/mol. The third-order valence-electron chi connectivity index (χ3n) is 3.66. The van der Waals surface area contributed by atoms with E-state index in [1.807, 2.05) is 32.0 Å². The fraction of sp³-hybridized carbons (Fsp3) is 0.294. The van der Waals surface area contributed by atoms with Crippen LogP contribution in [0.3, 0.4) is 0 Å². The van der Waals surface area contributed by atoms with Gasteiger partial charge in [0.2, 0.25) is 10.0 Å². The summed E-state index contributed by atoms with van der Waals surface area (Å²) in [5.41, 5.74) is 3.39. The van der Waals surface area contributed by atoms with E-state index in [1.54, 1.807) is 13.8 Å². The van der Waals surface area contributed by atoms with E-state index in [-0.39, 0.29) is 10.9 Å². The number of aryl methyl sites for hydroxylation is 3. The summed E-state index contributed by atoms with van der Waals surface area (Å²) < 4.78 is 40.8. The Morgan fingerprint density at radius 2 is 1.68 bits per heavy atom. The highest BCUT2D eigenvalue weighted by Gasteiger charge is 2.20. The summed E-state index contributed by atoms with van der Waals surface area (Å²) in [7, 11) is -3.69. The van der Waals surface area contributed by atoms with Crippen molar-refractivity contribution in [3.05, 3.63) is 64.5 Å². The zero-order valence-corrected chi connectivity index (χ0v) is 14.0. The molecule has 0 aromatic heterocycles. The van der Waals surface area contributed by atoms with Gasteiger partial charge in [0.15, 0.2) is 0 Å². The Bertz CT molecular complexity index is 800. The van der Waals surface area contributed by atoms with Gasteiger partial charge in [0.1, 0.15) is 5.82 Å². The second kappa shape index (κ2) is 6.18. The Labute approximate surface area is 131 Å². The number of nitrogens with one attached hydrogen (secondary N) is 1.